The Labute approximate surface area is 112 Å². The van der Waals surface area contributed by atoms with Crippen molar-refractivity contribution in [2.45, 2.75) is 20.0 Å². The molecule has 1 aromatic heterocycles. The molecular weight excluding hydrogens is 242 g/mol. The minimum Gasteiger partial charge on any atom is -0.494 e. The lowest BCUT2D eigenvalue weighted by Gasteiger charge is -2.10. The lowest BCUT2D eigenvalue weighted by molar-refractivity contribution is 0.276. The number of aromatic nitrogens is 1. The molecule has 1 heterocycles. The molecule has 0 amide bonds. The average molecular weight is 259 g/mol. The van der Waals surface area contributed by atoms with E-state index >= 15 is 0 Å². The van der Waals surface area contributed by atoms with E-state index in [1.54, 1.807) is 18.5 Å². The van der Waals surface area contributed by atoms with Crippen molar-refractivity contribution >= 4 is 0 Å². The number of benzene rings is 1. The van der Waals surface area contributed by atoms with Crippen LogP contribution in [0.3, 0.4) is 0 Å². The van der Waals surface area contributed by atoms with Gasteiger partial charge < -0.3 is 14.6 Å². The van der Waals surface area contributed by atoms with Gasteiger partial charge in [-0.3, -0.25) is 4.98 Å². The third-order valence-corrected chi connectivity index (χ3v) is 2.56. The molecule has 19 heavy (non-hydrogen) atoms. The highest BCUT2D eigenvalue weighted by atomic mass is 16.5. The normalized spacial score (nSPS) is 10.2. The fourth-order valence-corrected chi connectivity index (χ4v) is 1.58. The predicted octanol–water partition coefficient (Wildman–Crippen LogP) is 3.16. The van der Waals surface area contributed by atoms with E-state index in [2.05, 4.69) is 11.9 Å². The van der Waals surface area contributed by atoms with Crippen LogP contribution >= 0.6 is 0 Å². The minimum absolute atomic E-state index is 0.0739. The maximum absolute atomic E-state index is 9.21. The number of aliphatic hydroxyl groups excluding tert-OH is 1. The van der Waals surface area contributed by atoms with E-state index in [4.69, 9.17) is 9.47 Å². The van der Waals surface area contributed by atoms with Crippen LogP contribution in [0.1, 0.15) is 18.9 Å². The molecule has 0 aliphatic heterocycles. The van der Waals surface area contributed by atoms with E-state index in [-0.39, 0.29) is 6.61 Å². The quantitative estimate of drug-likeness (QED) is 0.865. The lowest BCUT2D eigenvalue weighted by Crippen LogP contribution is -1.95. The van der Waals surface area contributed by atoms with Gasteiger partial charge in [0.1, 0.15) is 11.5 Å². The summed E-state index contributed by atoms with van der Waals surface area (Å²) in [5, 5.41) is 9.21. The van der Waals surface area contributed by atoms with Gasteiger partial charge in [-0.15, -0.1) is 0 Å². The number of hydrogen-bond acceptors (Lipinski definition) is 4. The van der Waals surface area contributed by atoms with Crippen molar-refractivity contribution in [3.63, 3.8) is 0 Å². The summed E-state index contributed by atoms with van der Waals surface area (Å²) in [5.74, 6) is 2.07. The van der Waals surface area contributed by atoms with Crippen molar-refractivity contribution in [2.75, 3.05) is 6.61 Å². The monoisotopic (exact) mass is 259 g/mol. The van der Waals surface area contributed by atoms with E-state index < -0.39 is 0 Å². The number of ether oxygens (including phenoxy) is 2. The SMILES string of the molecule is CCCOc1ccc(Oc2cnccc2CO)cc1. The van der Waals surface area contributed by atoms with E-state index in [9.17, 15) is 5.11 Å². The van der Waals surface area contributed by atoms with Crippen molar-refractivity contribution in [1.82, 2.24) is 4.98 Å². The average Bonchev–Trinajstić information content (AvgIpc) is 2.47. The van der Waals surface area contributed by atoms with Gasteiger partial charge in [0.25, 0.3) is 0 Å². The molecule has 4 heteroatoms. The van der Waals surface area contributed by atoms with E-state index in [1.165, 1.54) is 0 Å². The Hall–Kier alpha value is -2.07. The largest absolute Gasteiger partial charge is 0.494 e. The highest BCUT2D eigenvalue weighted by Gasteiger charge is 2.04. The summed E-state index contributed by atoms with van der Waals surface area (Å²) >= 11 is 0. The number of hydrogen-bond donors (Lipinski definition) is 1. The summed E-state index contributed by atoms with van der Waals surface area (Å²) < 4.78 is 11.2. The van der Waals surface area contributed by atoms with Crippen LogP contribution in [0.15, 0.2) is 42.7 Å². The van der Waals surface area contributed by atoms with Gasteiger partial charge in [0.05, 0.1) is 19.4 Å². The molecule has 0 saturated carbocycles. The Morgan fingerprint density at radius 1 is 1.11 bits per heavy atom. The van der Waals surface area contributed by atoms with Gasteiger partial charge >= 0.3 is 0 Å². The van der Waals surface area contributed by atoms with Crippen LogP contribution in [0.4, 0.5) is 0 Å². The van der Waals surface area contributed by atoms with Crippen molar-refractivity contribution in [3.05, 3.63) is 48.3 Å². The van der Waals surface area contributed by atoms with Crippen LogP contribution in [0.2, 0.25) is 0 Å². The fourth-order valence-electron chi connectivity index (χ4n) is 1.58. The third-order valence-electron chi connectivity index (χ3n) is 2.56. The van der Waals surface area contributed by atoms with Crippen LogP contribution in [0, 0.1) is 0 Å². The Morgan fingerprint density at radius 3 is 2.53 bits per heavy atom. The Balaban J connectivity index is 2.06. The molecule has 0 bridgehead atoms. The molecule has 0 atom stereocenters. The van der Waals surface area contributed by atoms with Gasteiger partial charge in [0.15, 0.2) is 5.75 Å². The second-order valence-electron chi connectivity index (χ2n) is 4.06. The van der Waals surface area contributed by atoms with E-state index in [0.717, 1.165) is 12.2 Å². The molecule has 0 spiro atoms. The van der Waals surface area contributed by atoms with Crippen LogP contribution in [-0.2, 0) is 6.61 Å². The lowest BCUT2D eigenvalue weighted by atomic mass is 10.2. The van der Waals surface area contributed by atoms with E-state index in [0.29, 0.717) is 23.7 Å². The zero-order valence-corrected chi connectivity index (χ0v) is 10.9. The summed E-state index contributed by atoms with van der Waals surface area (Å²) in [7, 11) is 0. The molecule has 2 aromatic rings. The molecule has 100 valence electrons. The van der Waals surface area contributed by atoms with Gasteiger partial charge in [-0.1, -0.05) is 6.92 Å². The molecule has 1 N–H and O–H groups in total. The Kier molecular flexibility index (Phi) is 4.75. The first-order valence-corrected chi connectivity index (χ1v) is 6.28. The molecule has 4 nitrogen and oxygen atoms in total. The number of nitrogens with zero attached hydrogens (tertiary/aromatic N) is 1. The standard InChI is InChI=1S/C15H17NO3/c1-2-9-18-13-3-5-14(6-4-13)19-15-10-16-8-7-12(15)11-17/h3-8,10,17H,2,9,11H2,1H3. The third kappa shape index (κ3) is 3.69. The predicted molar refractivity (Wildman–Crippen MR) is 72.5 cm³/mol. The topological polar surface area (TPSA) is 51.6 Å². The zero-order chi connectivity index (χ0) is 13.5. The molecule has 0 aliphatic rings. The fraction of sp³-hybridized carbons (Fsp3) is 0.267. The minimum atomic E-state index is -0.0739. The highest BCUT2D eigenvalue weighted by Crippen LogP contribution is 2.26. The molecule has 0 aliphatic carbocycles. The molecule has 0 radical (unpaired) electrons. The second-order valence-corrected chi connectivity index (χ2v) is 4.06. The summed E-state index contributed by atoms with van der Waals surface area (Å²) in [6, 6.07) is 9.12. The summed E-state index contributed by atoms with van der Waals surface area (Å²) in [5.41, 5.74) is 0.710. The molecule has 0 fully saturated rings. The summed E-state index contributed by atoms with van der Waals surface area (Å²) in [6.45, 7) is 2.70. The zero-order valence-electron chi connectivity index (χ0n) is 10.9. The van der Waals surface area contributed by atoms with Gasteiger partial charge in [-0.25, -0.2) is 0 Å². The maximum Gasteiger partial charge on any atom is 0.151 e. The number of rotatable bonds is 6. The first-order valence-electron chi connectivity index (χ1n) is 6.28. The molecule has 0 unspecified atom stereocenters. The number of pyridine rings is 1. The van der Waals surface area contributed by atoms with Crippen molar-refractivity contribution in [2.24, 2.45) is 0 Å². The van der Waals surface area contributed by atoms with Crippen molar-refractivity contribution < 1.29 is 14.6 Å². The maximum atomic E-state index is 9.21. The van der Waals surface area contributed by atoms with Crippen LogP contribution in [0.25, 0.3) is 0 Å². The molecule has 1 aromatic carbocycles. The van der Waals surface area contributed by atoms with E-state index in [1.807, 2.05) is 24.3 Å². The Morgan fingerprint density at radius 2 is 1.84 bits per heavy atom. The van der Waals surface area contributed by atoms with Gasteiger partial charge in [0, 0.05) is 11.8 Å². The van der Waals surface area contributed by atoms with Crippen LogP contribution in [-0.4, -0.2) is 16.7 Å². The Bertz CT molecular complexity index is 511. The first kappa shape index (κ1) is 13.4. The van der Waals surface area contributed by atoms with Gasteiger partial charge in [0.2, 0.25) is 0 Å². The van der Waals surface area contributed by atoms with Crippen LogP contribution < -0.4 is 9.47 Å². The molecular formula is C15H17NO3. The van der Waals surface area contributed by atoms with Gasteiger partial charge in [-0.2, -0.15) is 0 Å². The van der Waals surface area contributed by atoms with Crippen molar-refractivity contribution in [1.29, 1.82) is 0 Å². The van der Waals surface area contributed by atoms with Gasteiger partial charge in [-0.05, 0) is 36.8 Å². The summed E-state index contributed by atoms with van der Waals surface area (Å²) in [6.07, 6.45) is 4.20. The first-order chi connectivity index (χ1) is 9.33. The molecule has 2 rings (SSSR count). The van der Waals surface area contributed by atoms with Crippen LogP contribution in [0.5, 0.6) is 17.2 Å². The summed E-state index contributed by atoms with van der Waals surface area (Å²) in [4.78, 5) is 3.99. The molecule has 0 saturated heterocycles. The number of aliphatic hydroxyl groups is 1. The smallest absolute Gasteiger partial charge is 0.151 e. The highest BCUT2D eigenvalue weighted by molar-refractivity contribution is 5.37. The van der Waals surface area contributed by atoms with Crippen molar-refractivity contribution in [3.8, 4) is 17.2 Å². The second kappa shape index (κ2) is 6.75.